The minimum absolute atomic E-state index is 0.0909. The van der Waals surface area contributed by atoms with Crippen molar-refractivity contribution in [3.63, 3.8) is 0 Å². The van der Waals surface area contributed by atoms with Gasteiger partial charge >= 0.3 is 5.97 Å². The first kappa shape index (κ1) is 19.2. The van der Waals surface area contributed by atoms with Crippen molar-refractivity contribution >= 4 is 17.6 Å². The van der Waals surface area contributed by atoms with E-state index in [1.807, 2.05) is 0 Å². The van der Waals surface area contributed by atoms with Gasteiger partial charge in [0.15, 0.2) is 17.7 Å². The van der Waals surface area contributed by atoms with Gasteiger partial charge in [0.2, 0.25) is 0 Å². The molecular formula is C19H20FNO5. The third kappa shape index (κ3) is 5.20. The van der Waals surface area contributed by atoms with E-state index in [0.29, 0.717) is 17.0 Å². The minimum Gasteiger partial charge on any atom is -0.497 e. The number of anilines is 1. The molecule has 0 unspecified atom stereocenters. The van der Waals surface area contributed by atoms with Gasteiger partial charge < -0.3 is 19.5 Å². The molecule has 0 fully saturated rings. The van der Waals surface area contributed by atoms with Crippen LogP contribution < -0.4 is 14.8 Å². The van der Waals surface area contributed by atoms with Crippen LogP contribution in [0.3, 0.4) is 0 Å². The maximum Gasteiger partial charge on any atom is 0.311 e. The Balaban J connectivity index is 1.91. The molecular weight excluding hydrogens is 341 g/mol. The molecule has 2 aromatic carbocycles. The number of methoxy groups -OCH3 is 2. The molecule has 0 spiro atoms. The van der Waals surface area contributed by atoms with Crippen LogP contribution in [0, 0.1) is 5.82 Å². The molecule has 1 amide bonds. The zero-order valence-electron chi connectivity index (χ0n) is 14.7. The van der Waals surface area contributed by atoms with Crippen molar-refractivity contribution in [3.05, 3.63) is 53.8 Å². The van der Waals surface area contributed by atoms with Gasteiger partial charge in [-0.3, -0.25) is 9.59 Å². The van der Waals surface area contributed by atoms with Gasteiger partial charge in [-0.1, -0.05) is 12.1 Å². The van der Waals surface area contributed by atoms with Gasteiger partial charge in [0.05, 0.1) is 20.6 Å². The van der Waals surface area contributed by atoms with Crippen LogP contribution in [0.4, 0.5) is 10.1 Å². The summed E-state index contributed by atoms with van der Waals surface area (Å²) in [7, 11) is 2.88. The first-order valence-electron chi connectivity index (χ1n) is 7.89. The summed E-state index contributed by atoms with van der Waals surface area (Å²) in [6, 6.07) is 11.0. The molecule has 7 heteroatoms. The first-order valence-corrected chi connectivity index (χ1v) is 7.89. The van der Waals surface area contributed by atoms with Crippen LogP contribution in [0.1, 0.15) is 12.5 Å². The van der Waals surface area contributed by atoms with Gasteiger partial charge in [-0.25, -0.2) is 4.39 Å². The zero-order chi connectivity index (χ0) is 19.1. The maximum atomic E-state index is 13.6. The summed E-state index contributed by atoms with van der Waals surface area (Å²) in [6.45, 7) is 1.46. The molecule has 26 heavy (non-hydrogen) atoms. The number of rotatable bonds is 7. The Morgan fingerprint density at radius 1 is 1.12 bits per heavy atom. The summed E-state index contributed by atoms with van der Waals surface area (Å²) in [4.78, 5) is 24.1. The fourth-order valence-corrected chi connectivity index (χ4v) is 2.22. The molecule has 0 aromatic heterocycles. The van der Waals surface area contributed by atoms with E-state index < -0.39 is 23.8 Å². The molecule has 6 nitrogen and oxygen atoms in total. The molecule has 1 atom stereocenters. The fraction of sp³-hybridized carbons (Fsp3) is 0.263. The normalized spacial score (nSPS) is 11.4. The summed E-state index contributed by atoms with van der Waals surface area (Å²) in [5.74, 6) is -1.00. The van der Waals surface area contributed by atoms with Crippen LogP contribution in [0.5, 0.6) is 11.5 Å². The summed E-state index contributed by atoms with van der Waals surface area (Å²) in [5.41, 5.74) is 0.947. The fourth-order valence-electron chi connectivity index (χ4n) is 2.22. The van der Waals surface area contributed by atoms with Crippen LogP contribution in [0.25, 0.3) is 0 Å². The number of hydrogen-bond acceptors (Lipinski definition) is 5. The van der Waals surface area contributed by atoms with E-state index in [9.17, 15) is 14.0 Å². The van der Waals surface area contributed by atoms with E-state index in [2.05, 4.69) is 5.32 Å². The van der Waals surface area contributed by atoms with E-state index in [4.69, 9.17) is 14.2 Å². The first-order chi connectivity index (χ1) is 12.4. The molecule has 0 heterocycles. The predicted molar refractivity (Wildman–Crippen MR) is 93.8 cm³/mol. The number of hydrogen-bond donors (Lipinski definition) is 1. The predicted octanol–water partition coefficient (Wildman–Crippen LogP) is 2.96. The highest BCUT2D eigenvalue weighted by molar-refractivity contribution is 5.95. The van der Waals surface area contributed by atoms with Crippen molar-refractivity contribution in [2.75, 3.05) is 19.5 Å². The van der Waals surface area contributed by atoms with E-state index >= 15 is 0 Å². The SMILES string of the molecule is COc1cccc(NC(=O)[C@H](C)OC(=O)Cc2ccc(OC)c(F)c2)c1. The van der Waals surface area contributed by atoms with Crippen molar-refractivity contribution in [1.29, 1.82) is 0 Å². The summed E-state index contributed by atoms with van der Waals surface area (Å²) in [6.07, 6.45) is -1.16. The van der Waals surface area contributed by atoms with Gasteiger partial charge in [-0.05, 0) is 36.8 Å². The molecule has 2 aromatic rings. The average molecular weight is 361 g/mol. The highest BCUT2D eigenvalue weighted by Crippen LogP contribution is 2.19. The standard InChI is InChI=1S/C19H20FNO5/c1-12(19(23)21-14-5-4-6-15(11-14)24-2)26-18(22)10-13-7-8-17(25-3)16(20)9-13/h4-9,11-12H,10H2,1-3H3,(H,21,23)/t12-/m0/s1. The third-order valence-electron chi connectivity index (χ3n) is 3.58. The topological polar surface area (TPSA) is 73.9 Å². The molecule has 0 saturated heterocycles. The second kappa shape index (κ2) is 8.84. The number of esters is 1. The molecule has 0 bridgehead atoms. The van der Waals surface area contributed by atoms with Crippen molar-refractivity contribution < 1.29 is 28.2 Å². The Hall–Kier alpha value is -3.09. The highest BCUT2D eigenvalue weighted by Gasteiger charge is 2.19. The molecule has 0 aliphatic carbocycles. The monoisotopic (exact) mass is 361 g/mol. The Labute approximate surface area is 150 Å². The Kier molecular flexibility index (Phi) is 6.54. The minimum atomic E-state index is -1.00. The molecule has 0 radical (unpaired) electrons. The van der Waals surface area contributed by atoms with Crippen LogP contribution in [0.15, 0.2) is 42.5 Å². The summed E-state index contributed by atoms with van der Waals surface area (Å²) in [5, 5.41) is 2.64. The number of nitrogens with one attached hydrogen (secondary N) is 1. The lowest BCUT2D eigenvalue weighted by Gasteiger charge is -2.14. The van der Waals surface area contributed by atoms with Gasteiger partial charge in [0, 0.05) is 11.8 Å². The van der Waals surface area contributed by atoms with Crippen LogP contribution in [-0.4, -0.2) is 32.2 Å². The maximum absolute atomic E-state index is 13.6. The molecule has 0 saturated carbocycles. The molecule has 0 aliphatic rings. The van der Waals surface area contributed by atoms with Crippen molar-refractivity contribution in [2.24, 2.45) is 0 Å². The number of carbonyl (C=O) groups is 2. The Morgan fingerprint density at radius 3 is 2.54 bits per heavy atom. The lowest BCUT2D eigenvalue weighted by atomic mass is 10.1. The highest BCUT2D eigenvalue weighted by atomic mass is 19.1. The van der Waals surface area contributed by atoms with E-state index in [0.717, 1.165) is 0 Å². The van der Waals surface area contributed by atoms with Gasteiger partial charge in [-0.2, -0.15) is 0 Å². The Bertz CT molecular complexity index is 793. The van der Waals surface area contributed by atoms with Crippen LogP contribution >= 0.6 is 0 Å². The van der Waals surface area contributed by atoms with Gasteiger partial charge in [-0.15, -0.1) is 0 Å². The number of benzene rings is 2. The summed E-state index contributed by atoms with van der Waals surface area (Å²) < 4.78 is 28.6. The lowest BCUT2D eigenvalue weighted by molar-refractivity contribution is -0.152. The van der Waals surface area contributed by atoms with Crippen molar-refractivity contribution in [1.82, 2.24) is 0 Å². The Morgan fingerprint density at radius 2 is 1.88 bits per heavy atom. The van der Waals surface area contributed by atoms with Gasteiger partial charge in [0.1, 0.15) is 5.75 Å². The van der Waals surface area contributed by atoms with E-state index in [1.54, 1.807) is 30.3 Å². The number of carbonyl (C=O) groups excluding carboxylic acids is 2. The largest absolute Gasteiger partial charge is 0.497 e. The smallest absolute Gasteiger partial charge is 0.311 e. The second-order valence-corrected chi connectivity index (χ2v) is 5.50. The summed E-state index contributed by atoms with van der Waals surface area (Å²) >= 11 is 0. The molecule has 0 aliphatic heterocycles. The van der Waals surface area contributed by atoms with Crippen LogP contribution in [-0.2, 0) is 20.7 Å². The number of halogens is 1. The van der Waals surface area contributed by atoms with Crippen LogP contribution in [0.2, 0.25) is 0 Å². The van der Waals surface area contributed by atoms with Crippen molar-refractivity contribution in [3.8, 4) is 11.5 Å². The number of amides is 1. The lowest BCUT2D eigenvalue weighted by Crippen LogP contribution is -2.30. The van der Waals surface area contributed by atoms with Gasteiger partial charge in [0.25, 0.3) is 5.91 Å². The average Bonchev–Trinajstić information content (AvgIpc) is 2.61. The molecule has 1 N–H and O–H groups in total. The van der Waals surface area contributed by atoms with E-state index in [1.165, 1.54) is 33.3 Å². The van der Waals surface area contributed by atoms with Crippen molar-refractivity contribution in [2.45, 2.75) is 19.4 Å². The molecule has 2 rings (SSSR count). The second-order valence-electron chi connectivity index (χ2n) is 5.50. The molecule has 138 valence electrons. The quantitative estimate of drug-likeness (QED) is 0.768. The number of ether oxygens (including phenoxy) is 3. The third-order valence-corrected chi connectivity index (χ3v) is 3.58. The zero-order valence-corrected chi connectivity index (χ0v) is 14.7. The van der Waals surface area contributed by atoms with E-state index in [-0.39, 0.29) is 12.2 Å².